The molecule has 3 aromatic rings. The first-order valence-corrected chi connectivity index (χ1v) is 7.38. The minimum Gasteiger partial charge on any atom is -0.356 e. The summed E-state index contributed by atoms with van der Waals surface area (Å²) in [5, 5.41) is 9.53. The molecule has 2 amide bonds. The van der Waals surface area contributed by atoms with Gasteiger partial charge in [-0.05, 0) is 5.56 Å². The van der Waals surface area contributed by atoms with Crippen LogP contribution in [0.4, 0.5) is 4.79 Å². The van der Waals surface area contributed by atoms with Gasteiger partial charge in [0.1, 0.15) is 5.69 Å². The van der Waals surface area contributed by atoms with E-state index in [9.17, 15) is 4.79 Å². The van der Waals surface area contributed by atoms with Gasteiger partial charge in [0, 0.05) is 18.2 Å². The number of amides is 2. The molecular weight excluding hydrogens is 290 g/mol. The number of hydrogen-bond acceptors (Lipinski definition) is 3. The molecule has 5 heteroatoms. The monoisotopic (exact) mass is 307 g/mol. The van der Waals surface area contributed by atoms with Crippen molar-refractivity contribution in [3.8, 4) is 11.3 Å². The molecule has 0 atom stereocenters. The zero-order chi connectivity index (χ0) is 15.9. The fraction of sp³-hybridized carbons (Fsp3) is 0.111. The van der Waals surface area contributed by atoms with Crippen LogP contribution in [0.2, 0.25) is 0 Å². The van der Waals surface area contributed by atoms with E-state index in [2.05, 4.69) is 15.8 Å². The van der Waals surface area contributed by atoms with Crippen molar-refractivity contribution in [1.29, 1.82) is 0 Å². The fourth-order valence-corrected chi connectivity index (χ4v) is 2.15. The molecule has 0 spiro atoms. The molecule has 0 aliphatic heterocycles. The van der Waals surface area contributed by atoms with E-state index in [4.69, 9.17) is 4.52 Å². The van der Waals surface area contributed by atoms with Gasteiger partial charge in [-0.1, -0.05) is 65.8 Å². The van der Waals surface area contributed by atoms with Crippen molar-refractivity contribution in [2.24, 2.45) is 0 Å². The maximum Gasteiger partial charge on any atom is 0.315 e. The molecule has 23 heavy (non-hydrogen) atoms. The van der Waals surface area contributed by atoms with Gasteiger partial charge in [-0.3, -0.25) is 0 Å². The number of hydrogen-bond donors (Lipinski definition) is 2. The highest BCUT2D eigenvalue weighted by Crippen LogP contribution is 2.19. The normalized spacial score (nSPS) is 10.3. The summed E-state index contributed by atoms with van der Waals surface area (Å²) >= 11 is 0. The van der Waals surface area contributed by atoms with Gasteiger partial charge in [-0.2, -0.15) is 0 Å². The van der Waals surface area contributed by atoms with Crippen molar-refractivity contribution in [3.05, 3.63) is 78.0 Å². The lowest BCUT2D eigenvalue weighted by atomic mass is 10.2. The Balaban J connectivity index is 1.49. The quantitative estimate of drug-likeness (QED) is 0.759. The molecule has 3 rings (SSSR count). The van der Waals surface area contributed by atoms with Crippen molar-refractivity contribution in [2.75, 3.05) is 0 Å². The van der Waals surface area contributed by atoms with E-state index in [1.165, 1.54) is 0 Å². The molecule has 116 valence electrons. The van der Waals surface area contributed by atoms with E-state index in [1.807, 2.05) is 66.7 Å². The molecular formula is C18H17N3O2. The number of nitrogens with zero attached hydrogens (tertiary/aromatic N) is 1. The molecule has 1 aromatic heterocycles. The second kappa shape index (κ2) is 7.26. The largest absolute Gasteiger partial charge is 0.356 e. The predicted octanol–water partition coefficient (Wildman–Crippen LogP) is 3.34. The summed E-state index contributed by atoms with van der Waals surface area (Å²) in [6.45, 7) is 0.803. The van der Waals surface area contributed by atoms with Crippen LogP contribution in [-0.2, 0) is 13.1 Å². The predicted molar refractivity (Wildman–Crippen MR) is 87.5 cm³/mol. The Labute approximate surface area is 134 Å². The number of aromatic nitrogens is 1. The van der Waals surface area contributed by atoms with Crippen molar-refractivity contribution in [3.63, 3.8) is 0 Å². The topological polar surface area (TPSA) is 67.2 Å². The smallest absolute Gasteiger partial charge is 0.315 e. The van der Waals surface area contributed by atoms with E-state index < -0.39 is 0 Å². The molecule has 0 fully saturated rings. The molecule has 1 heterocycles. The average Bonchev–Trinajstić information content (AvgIpc) is 3.09. The molecule has 0 unspecified atom stereocenters. The Hall–Kier alpha value is -3.08. The molecule has 0 saturated heterocycles. The number of benzene rings is 2. The lowest BCUT2D eigenvalue weighted by Gasteiger charge is -2.06. The second-order valence-corrected chi connectivity index (χ2v) is 5.07. The summed E-state index contributed by atoms with van der Waals surface area (Å²) in [4.78, 5) is 11.8. The highest BCUT2D eigenvalue weighted by Gasteiger charge is 2.07. The highest BCUT2D eigenvalue weighted by atomic mass is 16.5. The maximum atomic E-state index is 11.8. The third kappa shape index (κ3) is 4.20. The molecule has 5 nitrogen and oxygen atoms in total. The first-order valence-electron chi connectivity index (χ1n) is 7.38. The van der Waals surface area contributed by atoms with Crippen molar-refractivity contribution < 1.29 is 9.32 Å². The Morgan fingerprint density at radius 2 is 1.57 bits per heavy atom. The van der Waals surface area contributed by atoms with Crippen LogP contribution in [0.5, 0.6) is 0 Å². The molecule has 0 bridgehead atoms. The van der Waals surface area contributed by atoms with E-state index in [0.29, 0.717) is 24.5 Å². The minimum absolute atomic E-state index is 0.238. The summed E-state index contributed by atoms with van der Waals surface area (Å²) in [5.74, 6) is 0.687. The van der Waals surface area contributed by atoms with Crippen LogP contribution in [-0.4, -0.2) is 11.2 Å². The van der Waals surface area contributed by atoms with Crippen molar-refractivity contribution in [2.45, 2.75) is 13.1 Å². The number of rotatable bonds is 5. The Kier molecular flexibility index (Phi) is 4.69. The summed E-state index contributed by atoms with van der Waals surface area (Å²) in [6, 6.07) is 21.1. The van der Waals surface area contributed by atoms with E-state index >= 15 is 0 Å². The van der Waals surface area contributed by atoms with Crippen LogP contribution in [0.1, 0.15) is 11.3 Å². The highest BCUT2D eigenvalue weighted by molar-refractivity contribution is 5.73. The third-order valence-electron chi connectivity index (χ3n) is 3.34. The molecule has 0 aliphatic rings. The van der Waals surface area contributed by atoms with Gasteiger partial charge in [0.05, 0.1) is 6.54 Å². The summed E-state index contributed by atoms with van der Waals surface area (Å²) < 4.78 is 5.29. The summed E-state index contributed by atoms with van der Waals surface area (Å²) in [7, 11) is 0. The van der Waals surface area contributed by atoms with Crippen LogP contribution in [0.15, 0.2) is 71.3 Å². The van der Waals surface area contributed by atoms with E-state index in [1.54, 1.807) is 0 Å². The SMILES string of the molecule is O=C(NCc1ccccc1)NCc1cc(-c2ccccc2)on1. The summed E-state index contributed by atoms with van der Waals surface area (Å²) in [6.07, 6.45) is 0. The van der Waals surface area contributed by atoms with Crippen LogP contribution in [0.25, 0.3) is 11.3 Å². The van der Waals surface area contributed by atoms with Gasteiger partial charge >= 0.3 is 6.03 Å². The third-order valence-corrected chi connectivity index (χ3v) is 3.34. The standard InChI is InChI=1S/C18H17N3O2/c22-18(19-12-14-7-3-1-4-8-14)20-13-16-11-17(23-21-16)15-9-5-2-6-10-15/h1-11H,12-13H2,(H2,19,20,22). The molecule has 0 aliphatic carbocycles. The van der Waals surface area contributed by atoms with Gasteiger partial charge in [-0.25, -0.2) is 4.79 Å². The number of nitrogens with one attached hydrogen (secondary N) is 2. The lowest BCUT2D eigenvalue weighted by molar-refractivity contribution is 0.240. The van der Waals surface area contributed by atoms with Crippen molar-refractivity contribution >= 4 is 6.03 Å². The van der Waals surface area contributed by atoms with Crippen LogP contribution < -0.4 is 10.6 Å². The van der Waals surface area contributed by atoms with Gasteiger partial charge in [0.2, 0.25) is 0 Å². The Morgan fingerprint density at radius 3 is 2.30 bits per heavy atom. The van der Waals surface area contributed by atoms with E-state index in [-0.39, 0.29) is 6.03 Å². The zero-order valence-electron chi connectivity index (χ0n) is 12.5. The molecule has 2 N–H and O–H groups in total. The molecule has 2 aromatic carbocycles. The number of carbonyl (C=O) groups excluding carboxylic acids is 1. The molecule has 0 radical (unpaired) electrons. The Bertz CT molecular complexity index is 754. The van der Waals surface area contributed by atoms with Crippen LogP contribution >= 0.6 is 0 Å². The maximum absolute atomic E-state index is 11.8. The van der Waals surface area contributed by atoms with Gasteiger partial charge < -0.3 is 15.2 Å². The number of carbonyl (C=O) groups is 1. The molecule has 0 saturated carbocycles. The van der Waals surface area contributed by atoms with Gasteiger partial charge in [0.15, 0.2) is 5.76 Å². The van der Waals surface area contributed by atoms with Crippen LogP contribution in [0.3, 0.4) is 0 Å². The average molecular weight is 307 g/mol. The van der Waals surface area contributed by atoms with Crippen molar-refractivity contribution in [1.82, 2.24) is 15.8 Å². The first-order chi connectivity index (χ1) is 11.3. The lowest BCUT2D eigenvalue weighted by Crippen LogP contribution is -2.34. The summed E-state index contributed by atoms with van der Waals surface area (Å²) in [5.41, 5.74) is 2.69. The Morgan fingerprint density at radius 1 is 0.913 bits per heavy atom. The van der Waals surface area contributed by atoms with E-state index in [0.717, 1.165) is 11.1 Å². The fourth-order valence-electron chi connectivity index (χ4n) is 2.15. The van der Waals surface area contributed by atoms with Gasteiger partial charge in [-0.15, -0.1) is 0 Å². The first kappa shape index (κ1) is 14.8. The number of urea groups is 1. The van der Waals surface area contributed by atoms with Gasteiger partial charge in [0.25, 0.3) is 0 Å². The second-order valence-electron chi connectivity index (χ2n) is 5.07. The minimum atomic E-state index is -0.238. The zero-order valence-corrected chi connectivity index (χ0v) is 12.5. The van der Waals surface area contributed by atoms with Crippen LogP contribution in [0, 0.1) is 0 Å².